The molecule has 6 nitrogen and oxygen atoms in total. The Kier molecular flexibility index (Phi) is 4.92. The highest BCUT2D eigenvalue weighted by molar-refractivity contribution is 5.97. The molecule has 2 saturated heterocycles. The van der Waals surface area contributed by atoms with Crippen molar-refractivity contribution in [2.75, 3.05) is 19.7 Å². The van der Waals surface area contributed by atoms with E-state index < -0.39 is 12.0 Å². The topological polar surface area (TPSA) is 75.7 Å². The van der Waals surface area contributed by atoms with Gasteiger partial charge in [0.2, 0.25) is 11.8 Å². The highest BCUT2D eigenvalue weighted by atomic mass is 16.6. The number of nitrogens with one attached hydrogen (secondary N) is 1. The van der Waals surface area contributed by atoms with E-state index >= 15 is 0 Å². The summed E-state index contributed by atoms with van der Waals surface area (Å²) in [6.45, 7) is 2.95. The van der Waals surface area contributed by atoms with Gasteiger partial charge < -0.3 is 10.1 Å². The van der Waals surface area contributed by atoms with Crippen LogP contribution in [-0.4, -0.2) is 42.5 Å². The highest BCUT2D eigenvalue weighted by Gasteiger charge is 2.36. The average molecular weight is 290 g/mol. The number of ether oxygens (including phenoxy) is 1. The van der Waals surface area contributed by atoms with Gasteiger partial charge in [-0.2, -0.15) is 0 Å². The third-order valence-corrected chi connectivity index (χ3v) is 3.29. The Bertz CT molecular complexity index is 530. The molecule has 0 saturated carbocycles. The first kappa shape index (κ1) is 15.0. The number of imide groups is 1. The van der Waals surface area contributed by atoms with Crippen molar-refractivity contribution in [2.24, 2.45) is 5.92 Å². The fourth-order valence-corrected chi connectivity index (χ4v) is 2.13. The predicted molar refractivity (Wildman–Crippen MR) is 75.4 cm³/mol. The van der Waals surface area contributed by atoms with Crippen molar-refractivity contribution in [3.8, 4) is 0 Å². The minimum absolute atomic E-state index is 0.143. The first-order valence-electron chi connectivity index (χ1n) is 6.84. The van der Waals surface area contributed by atoms with E-state index in [1.165, 1.54) is 5.56 Å². The van der Waals surface area contributed by atoms with Crippen molar-refractivity contribution in [3.05, 3.63) is 35.9 Å². The third-order valence-electron chi connectivity index (χ3n) is 3.29. The van der Waals surface area contributed by atoms with Gasteiger partial charge in [-0.05, 0) is 6.92 Å². The fourth-order valence-electron chi connectivity index (χ4n) is 2.13. The molecule has 0 radical (unpaired) electrons. The zero-order valence-corrected chi connectivity index (χ0v) is 11.9. The zero-order chi connectivity index (χ0) is 15.2. The van der Waals surface area contributed by atoms with Gasteiger partial charge in [0, 0.05) is 13.0 Å². The van der Waals surface area contributed by atoms with Crippen molar-refractivity contribution in [1.29, 1.82) is 0 Å². The van der Waals surface area contributed by atoms with Gasteiger partial charge in [-0.15, -0.1) is 0 Å². The molecule has 1 aromatic rings. The molecule has 0 aliphatic carbocycles. The number of hydrogen-bond acceptors (Lipinski definition) is 4. The van der Waals surface area contributed by atoms with Crippen LogP contribution in [0.3, 0.4) is 0 Å². The molecule has 2 aliphatic rings. The van der Waals surface area contributed by atoms with Crippen molar-refractivity contribution in [3.63, 3.8) is 0 Å². The summed E-state index contributed by atoms with van der Waals surface area (Å²) >= 11 is 0. The lowest BCUT2D eigenvalue weighted by molar-refractivity contribution is -0.132. The summed E-state index contributed by atoms with van der Waals surface area (Å²) in [5, 5.41) is 2.55. The van der Waals surface area contributed by atoms with Crippen LogP contribution in [0.2, 0.25) is 0 Å². The van der Waals surface area contributed by atoms with Crippen LogP contribution in [0.1, 0.15) is 12.0 Å². The van der Waals surface area contributed by atoms with Crippen LogP contribution in [0.5, 0.6) is 0 Å². The van der Waals surface area contributed by atoms with Gasteiger partial charge in [0.05, 0.1) is 12.5 Å². The lowest BCUT2D eigenvalue weighted by Gasteiger charge is -2.13. The van der Waals surface area contributed by atoms with Gasteiger partial charge >= 0.3 is 6.09 Å². The molecular formula is C15H18N2O4. The number of nitrogens with zero attached hydrogens (tertiary/aromatic N) is 1. The van der Waals surface area contributed by atoms with E-state index in [1.807, 2.05) is 18.2 Å². The third kappa shape index (κ3) is 4.05. The Morgan fingerprint density at radius 2 is 2.00 bits per heavy atom. The van der Waals surface area contributed by atoms with Crippen LogP contribution in [0.4, 0.5) is 4.79 Å². The minimum atomic E-state index is -0.602. The zero-order valence-electron chi connectivity index (χ0n) is 11.9. The first-order valence-corrected chi connectivity index (χ1v) is 6.84. The molecule has 0 bridgehead atoms. The standard InChI is InChI=1S/C8H10N2O4.C7H8/c11-6-3-5(4-9-6)7(12)10-1-2-14-8(10)13;1-7-5-3-2-4-6-7/h5H,1-4H2,(H,9,11);2-6H,1H3. The number of carbonyl (C=O) groups is 3. The Hall–Kier alpha value is -2.37. The summed E-state index contributed by atoms with van der Waals surface area (Å²) in [6, 6.07) is 10.3. The molecule has 1 atom stereocenters. The van der Waals surface area contributed by atoms with Crippen molar-refractivity contribution < 1.29 is 19.1 Å². The van der Waals surface area contributed by atoms with E-state index in [2.05, 4.69) is 29.1 Å². The van der Waals surface area contributed by atoms with E-state index in [-0.39, 0.29) is 24.8 Å². The molecule has 2 fully saturated rings. The van der Waals surface area contributed by atoms with Gasteiger partial charge in [-0.1, -0.05) is 35.9 Å². The summed E-state index contributed by atoms with van der Waals surface area (Å²) in [5.41, 5.74) is 1.32. The molecular weight excluding hydrogens is 272 g/mol. The van der Waals surface area contributed by atoms with E-state index in [0.29, 0.717) is 13.1 Å². The van der Waals surface area contributed by atoms with E-state index in [4.69, 9.17) is 0 Å². The summed E-state index contributed by atoms with van der Waals surface area (Å²) < 4.78 is 4.63. The minimum Gasteiger partial charge on any atom is -0.447 e. The van der Waals surface area contributed by atoms with Crippen LogP contribution in [0.25, 0.3) is 0 Å². The Balaban J connectivity index is 0.000000194. The second-order valence-corrected chi connectivity index (χ2v) is 4.96. The average Bonchev–Trinajstić information content (AvgIpc) is 3.08. The molecule has 0 spiro atoms. The number of amides is 3. The number of rotatable bonds is 1. The molecule has 3 rings (SSSR count). The SMILES string of the molecule is Cc1ccccc1.O=C1CC(C(=O)N2CCOC2=O)CN1. The maximum atomic E-state index is 11.6. The summed E-state index contributed by atoms with van der Waals surface area (Å²) in [4.78, 5) is 34.6. The molecule has 6 heteroatoms. The second-order valence-electron chi connectivity index (χ2n) is 4.96. The molecule has 2 aliphatic heterocycles. The van der Waals surface area contributed by atoms with Gasteiger partial charge in [0.1, 0.15) is 6.61 Å². The smallest absolute Gasteiger partial charge is 0.416 e. The normalized spacial score (nSPS) is 20.4. The monoisotopic (exact) mass is 290 g/mol. The van der Waals surface area contributed by atoms with Gasteiger partial charge in [-0.25, -0.2) is 9.69 Å². The van der Waals surface area contributed by atoms with Crippen LogP contribution in [0.15, 0.2) is 30.3 Å². The first-order chi connectivity index (χ1) is 10.1. The molecule has 1 unspecified atom stereocenters. The molecule has 1 N–H and O–H groups in total. The van der Waals surface area contributed by atoms with Crippen LogP contribution in [-0.2, 0) is 14.3 Å². The molecule has 2 heterocycles. The maximum Gasteiger partial charge on any atom is 0.416 e. The Morgan fingerprint density at radius 1 is 1.29 bits per heavy atom. The predicted octanol–water partition coefficient (Wildman–Crippen LogP) is 1.10. The van der Waals surface area contributed by atoms with Crippen molar-refractivity contribution >= 4 is 17.9 Å². The van der Waals surface area contributed by atoms with Crippen molar-refractivity contribution in [2.45, 2.75) is 13.3 Å². The fraction of sp³-hybridized carbons (Fsp3) is 0.400. The Morgan fingerprint density at radius 3 is 2.43 bits per heavy atom. The van der Waals surface area contributed by atoms with Gasteiger partial charge in [-0.3, -0.25) is 9.59 Å². The summed E-state index contributed by atoms with van der Waals surface area (Å²) in [6.07, 6.45) is -0.433. The quantitative estimate of drug-likeness (QED) is 0.840. The molecule has 3 amide bonds. The number of hydrogen-bond donors (Lipinski definition) is 1. The lowest BCUT2D eigenvalue weighted by atomic mass is 10.1. The van der Waals surface area contributed by atoms with E-state index in [1.54, 1.807) is 0 Å². The van der Waals surface area contributed by atoms with Crippen molar-refractivity contribution in [1.82, 2.24) is 10.2 Å². The number of cyclic esters (lactones) is 1. The number of carbonyl (C=O) groups excluding carboxylic acids is 3. The number of aryl methyl sites for hydroxylation is 1. The largest absolute Gasteiger partial charge is 0.447 e. The summed E-state index contributed by atoms with van der Waals surface area (Å²) in [5.74, 6) is -0.866. The van der Waals surface area contributed by atoms with Crippen LogP contribution < -0.4 is 5.32 Å². The van der Waals surface area contributed by atoms with E-state index in [0.717, 1.165) is 4.90 Å². The van der Waals surface area contributed by atoms with Gasteiger partial charge in [0.15, 0.2) is 0 Å². The van der Waals surface area contributed by atoms with E-state index in [9.17, 15) is 14.4 Å². The van der Waals surface area contributed by atoms with Gasteiger partial charge in [0.25, 0.3) is 0 Å². The molecule has 21 heavy (non-hydrogen) atoms. The molecule has 1 aromatic carbocycles. The molecule has 0 aromatic heterocycles. The highest BCUT2D eigenvalue weighted by Crippen LogP contribution is 2.15. The summed E-state index contributed by atoms with van der Waals surface area (Å²) in [7, 11) is 0. The van der Waals surface area contributed by atoms with Crippen LogP contribution in [0, 0.1) is 12.8 Å². The lowest BCUT2D eigenvalue weighted by Crippen LogP contribution is -2.37. The number of benzene rings is 1. The molecule has 112 valence electrons. The Labute approximate surface area is 123 Å². The maximum absolute atomic E-state index is 11.6. The van der Waals surface area contributed by atoms with Crippen LogP contribution >= 0.6 is 0 Å². The second kappa shape index (κ2) is 6.88.